The highest BCUT2D eigenvalue weighted by Gasteiger charge is 2.35. The van der Waals surface area contributed by atoms with Crippen molar-refractivity contribution in [3.8, 4) is 0 Å². The molecule has 1 saturated heterocycles. The van der Waals surface area contributed by atoms with E-state index in [2.05, 4.69) is 41.5 Å². The van der Waals surface area contributed by atoms with Crippen LogP contribution in [0, 0.1) is 0 Å². The first kappa shape index (κ1) is 13.9. The van der Waals surface area contributed by atoms with Gasteiger partial charge in [-0.1, -0.05) is 0 Å². The average Bonchev–Trinajstić information content (AvgIpc) is 2.40. The lowest BCUT2D eigenvalue weighted by Crippen LogP contribution is -2.34. The zero-order valence-electron chi connectivity index (χ0n) is 11.4. The Labute approximate surface area is 99.5 Å². The predicted molar refractivity (Wildman–Crippen MR) is 64.7 cm³/mol. The van der Waals surface area contributed by atoms with E-state index in [1.54, 1.807) is 0 Å². The molecule has 0 spiro atoms. The van der Waals surface area contributed by atoms with E-state index in [1.807, 2.05) is 0 Å². The lowest BCUT2D eigenvalue weighted by atomic mass is 10.1. The molecule has 0 aromatic heterocycles. The molecule has 0 aromatic rings. The van der Waals surface area contributed by atoms with Crippen molar-refractivity contribution in [3.05, 3.63) is 0 Å². The fourth-order valence-corrected chi connectivity index (χ4v) is 1.89. The van der Waals surface area contributed by atoms with Crippen LogP contribution in [0.1, 0.15) is 48.0 Å². The molecule has 1 fully saturated rings. The van der Waals surface area contributed by atoms with E-state index in [9.17, 15) is 0 Å². The second kappa shape index (κ2) is 5.48. The highest BCUT2D eigenvalue weighted by atomic mass is 16.6. The summed E-state index contributed by atoms with van der Waals surface area (Å²) < 4.78 is 17.4. The van der Waals surface area contributed by atoms with Gasteiger partial charge in [0.1, 0.15) is 6.10 Å². The quantitative estimate of drug-likeness (QED) is 0.743. The van der Waals surface area contributed by atoms with Crippen LogP contribution < -0.4 is 0 Å². The normalized spacial score (nSPS) is 31.3. The first-order valence-electron chi connectivity index (χ1n) is 6.23. The van der Waals surface area contributed by atoms with Crippen molar-refractivity contribution in [3.63, 3.8) is 0 Å². The van der Waals surface area contributed by atoms with E-state index in [4.69, 9.17) is 14.2 Å². The molecule has 0 aliphatic carbocycles. The molecular formula is C13H26O3. The molecule has 3 atom stereocenters. The first-order valence-corrected chi connectivity index (χ1v) is 6.23. The largest absolute Gasteiger partial charge is 0.373 e. The number of hydrogen-bond donors (Lipinski definition) is 0. The third-order valence-electron chi connectivity index (χ3n) is 2.51. The van der Waals surface area contributed by atoms with E-state index >= 15 is 0 Å². The molecule has 3 heteroatoms. The molecule has 0 amide bonds. The fraction of sp³-hybridized carbons (Fsp3) is 1.00. The Morgan fingerprint density at radius 3 is 2.44 bits per heavy atom. The molecule has 1 heterocycles. The van der Waals surface area contributed by atoms with Crippen LogP contribution in [0.5, 0.6) is 0 Å². The molecule has 1 rings (SSSR count). The molecule has 3 nitrogen and oxygen atoms in total. The van der Waals surface area contributed by atoms with Crippen molar-refractivity contribution in [1.82, 2.24) is 0 Å². The van der Waals surface area contributed by atoms with Gasteiger partial charge in [0.2, 0.25) is 0 Å². The smallest absolute Gasteiger partial charge is 0.107 e. The minimum absolute atomic E-state index is 0.0802. The van der Waals surface area contributed by atoms with Gasteiger partial charge in [0.05, 0.1) is 30.5 Å². The lowest BCUT2D eigenvalue weighted by molar-refractivity contribution is -0.106. The Morgan fingerprint density at radius 2 is 1.94 bits per heavy atom. The van der Waals surface area contributed by atoms with Crippen LogP contribution in [0.3, 0.4) is 0 Å². The van der Waals surface area contributed by atoms with Crippen LogP contribution >= 0.6 is 0 Å². The topological polar surface area (TPSA) is 27.7 Å². The zero-order valence-corrected chi connectivity index (χ0v) is 11.4. The monoisotopic (exact) mass is 230 g/mol. The van der Waals surface area contributed by atoms with Gasteiger partial charge in [0, 0.05) is 6.42 Å². The van der Waals surface area contributed by atoms with Gasteiger partial charge in [-0.25, -0.2) is 0 Å². The van der Waals surface area contributed by atoms with E-state index in [1.165, 1.54) is 0 Å². The Kier molecular flexibility index (Phi) is 4.77. The van der Waals surface area contributed by atoms with Crippen LogP contribution in [-0.2, 0) is 14.2 Å². The third kappa shape index (κ3) is 4.81. The Morgan fingerprint density at radius 1 is 1.31 bits per heavy atom. The van der Waals surface area contributed by atoms with E-state index in [0.717, 1.165) is 6.42 Å². The molecule has 0 radical (unpaired) electrons. The summed E-state index contributed by atoms with van der Waals surface area (Å²) in [6.45, 7) is 13.0. The van der Waals surface area contributed by atoms with Crippen molar-refractivity contribution < 1.29 is 14.2 Å². The van der Waals surface area contributed by atoms with Crippen LogP contribution in [0.4, 0.5) is 0 Å². The van der Waals surface area contributed by atoms with Crippen molar-refractivity contribution in [2.75, 3.05) is 6.61 Å². The summed E-state index contributed by atoms with van der Waals surface area (Å²) in [5.41, 5.74) is -0.114. The Bertz CT molecular complexity index is 208. The SMILES string of the molecule is CC(C)OC1C[C@H](C)O[C@@H]1COC(C)(C)C. The third-order valence-corrected chi connectivity index (χ3v) is 2.51. The van der Waals surface area contributed by atoms with Gasteiger partial charge in [-0.05, 0) is 41.5 Å². The van der Waals surface area contributed by atoms with Gasteiger partial charge in [0.15, 0.2) is 0 Å². The standard InChI is InChI=1S/C13H26O3/c1-9(2)15-11-7-10(3)16-12(11)8-14-13(4,5)6/h9-12H,7-8H2,1-6H3/t10-,11?,12+/m0/s1. The van der Waals surface area contributed by atoms with Gasteiger partial charge in [-0.15, -0.1) is 0 Å². The van der Waals surface area contributed by atoms with Crippen molar-refractivity contribution >= 4 is 0 Å². The van der Waals surface area contributed by atoms with Crippen LogP contribution in [0.2, 0.25) is 0 Å². The lowest BCUT2D eigenvalue weighted by Gasteiger charge is -2.26. The maximum absolute atomic E-state index is 5.85. The average molecular weight is 230 g/mol. The molecule has 0 saturated carbocycles. The van der Waals surface area contributed by atoms with Crippen LogP contribution in [0.15, 0.2) is 0 Å². The molecule has 0 N–H and O–H groups in total. The second-order valence-electron chi connectivity index (χ2n) is 5.87. The van der Waals surface area contributed by atoms with Gasteiger partial charge < -0.3 is 14.2 Å². The van der Waals surface area contributed by atoms with Crippen molar-refractivity contribution in [2.24, 2.45) is 0 Å². The van der Waals surface area contributed by atoms with Crippen molar-refractivity contribution in [1.29, 1.82) is 0 Å². The number of ether oxygens (including phenoxy) is 3. The number of hydrogen-bond acceptors (Lipinski definition) is 3. The summed E-state index contributed by atoms with van der Waals surface area (Å²) in [4.78, 5) is 0. The fourth-order valence-electron chi connectivity index (χ4n) is 1.89. The molecule has 1 aliphatic rings. The van der Waals surface area contributed by atoms with Gasteiger partial charge in [-0.2, -0.15) is 0 Å². The van der Waals surface area contributed by atoms with Crippen LogP contribution in [-0.4, -0.2) is 36.6 Å². The predicted octanol–water partition coefficient (Wildman–Crippen LogP) is 2.77. The van der Waals surface area contributed by atoms with E-state index in [0.29, 0.717) is 6.61 Å². The molecule has 16 heavy (non-hydrogen) atoms. The highest BCUT2D eigenvalue weighted by Crippen LogP contribution is 2.25. The summed E-state index contributed by atoms with van der Waals surface area (Å²) in [5, 5.41) is 0. The van der Waals surface area contributed by atoms with Crippen molar-refractivity contribution in [2.45, 2.75) is 78.0 Å². The molecule has 96 valence electrons. The van der Waals surface area contributed by atoms with Gasteiger partial charge in [0.25, 0.3) is 0 Å². The second-order valence-corrected chi connectivity index (χ2v) is 5.87. The molecule has 1 aliphatic heterocycles. The minimum atomic E-state index is -0.114. The van der Waals surface area contributed by atoms with Gasteiger partial charge >= 0.3 is 0 Å². The highest BCUT2D eigenvalue weighted by molar-refractivity contribution is 4.82. The summed E-state index contributed by atoms with van der Waals surface area (Å²) in [5.74, 6) is 0. The minimum Gasteiger partial charge on any atom is -0.373 e. The molecule has 0 aromatic carbocycles. The molecule has 1 unspecified atom stereocenters. The maximum atomic E-state index is 5.85. The maximum Gasteiger partial charge on any atom is 0.107 e. The molecule has 0 bridgehead atoms. The zero-order chi connectivity index (χ0) is 12.3. The Hall–Kier alpha value is -0.120. The summed E-state index contributed by atoms with van der Waals surface area (Å²) >= 11 is 0. The molecular weight excluding hydrogens is 204 g/mol. The first-order chi connectivity index (χ1) is 7.28. The summed E-state index contributed by atoms with van der Waals surface area (Å²) in [6.07, 6.45) is 1.75. The summed E-state index contributed by atoms with van der Waals surface area (Å²) in [6, 6.07) is 0. The van der Waals surface area contributed by atoms with E-state index in [-0.39, 0.29) is 30.0 Å². The number of rotatable bonds is 4. The van der Waals surface area contributed by atoms with E-state index < -0.39 is 0 Å². The van der Waals surface area contributed by atoms with Crippen LogP contribution in [0.25, 0.3) is 0 Å². The summed E-state index contributed by atoms with van der Waals surface area (Å²) in [7, 11) is 0. The van der Waals surface area contributed by atoms with Gasteiger partial charge in [-0.3, -0.25) is 0 Å². The Balaban J connectivity index is 2.43.